The summed E-state index contributed by atoms with van der Waals surface area (Å²) in [6.07, 6.45) is -8.98. The van der Waals surface area contributed by atoms with Crippen molar-refractivity contribution in [3.63, 3.8) is 0 Å². The Kier molecular flexibility index (Phi) is 26.6. The van der Waals surface area contributed by atoms with E-state index in [0.29, 0.717) is 26.4 Å². The molecular formula is C71H79N15O23S5. The van der Waals surface area contributed by atoms with Crippen LogP contribution in [0.3, 0.4) is 0 Å². The van der Waals surface area contributed by atoms with Crippen LogP contribution >= 0.6 is 56.7 Å². The highest BCUT2D eigenvalue weighted by Crippen LogP contribution is 2.43. The Morgan fingerprint density at radius 3 is 2.15 bits per heavy atom. The van der Waals surface area contributed by atoms with E-state index < -0.39 is 151 Å². The zero-order valence-electron chi connectivity index (χ0n) is 62.3. The van der Waals surface area contributed by atoms with Gasteiger partial charge in [-0.1, -0.05) is 18.7 Å². The summed E-state index contributed by atoms with van der Waals surface area (Å²) in [5, 5.41) is 58.0. The van der Waals surface area contributed by atoms with Crippen LogP contribution in [0.5, 0.6) is 5.75 Å². The van der Waals surface area contributed by atoms with E-state index in [0.717, 1.165) is 61.4 Å². The summed E-state index contributed by atoms with van der Waals surface area (Å²) in [6, 6.07) is 0.386. The molecule has 4 aliphatic rings. The topological polar surface area (TPSA) is 500 Å². The van der Waals surface area contributed by atoms with E-state index in [4.69, 9.17) is 72.9 Å². The SMILES string of the molecule is C=C(NC(=O)c1csc(-c2nc3c(cc2O)-c2nc(cs2)C(=O)NC(C(C)O)C(=O)N/C(=C(\C)OC)c2nc(cs2)C(=O)NC2c4nc(cs4)C(=O)NC(COC(=O)c4c5c6c(cccc6n4OC(=O)NCCOCCOCCOCCOC)COC(=O)C(OC4CC(C)(O)C(N(C)C)C(C)O4)C2OC5)c2nc-3cs2)n1)C(N)=O. The number of benzene rings is 1. The zero-order chi connectivity index (χ0) is 81.4. The number of thiazole rings is 5. The molecule has 38 nitrogen and oxygen atoms in total. The number of carbonyl (C=O) groups excluding carboxylic acids is 9. The molecule has 606 valence electrons. The first-order valence-electron chi connectivity index (χ1n) is 35.1. The highest BCUT2D eigenvalue weighted by atomic mass is 32.1. The van der Waals surface area contributed by atoms with Gasteiger partial charge in [0.1, 0.15) is 120 Å². The maximum atomic E-state index is 15.8. The van der Waals surface area contributed by atoms with Crippen molar-refractivity contribution in [1.29, 1.82) is 0 Å². The summed E-state index contributed by atoms with van der Waals surface area (Å²) in [7, 11) is 6.37. The number of aliphatic hydroxyl groups excluding tert-OH is 1. The number of hydrogen-bond acceptors (Lipinski definition) is 35. The van der Waals surface area contributed by atoms with E-state index >= 15 is 19.2 Å². The Morgan fingerprint density at radius 1 is 0.798 bits per heavy atom. The minimum atomic E-state index is -1.99. The Labute approximate surface area is 668 Å². The molecule has 43 heteroatoms. The molecule has 1 aromatic carbocycles. The molecule has 11 N–H and O–H groups in total. The third-order valence-electron chi connectivity index (χ3n) is 18.2. The van der Waals surface area contributed by atoms with Gasteiger partial charge in [0.05, 0.1) is 95.0 Å². The number of rotatable bonds is 22. The number of aliphatic hydroxyl groups is 2. The third kappa shape index (κ3) is 18.7. The average Bonchev–Trinajstić information content (AvgIpc) is 1.57. The summed E-state index contributed by atoms with van der Waals surface area (Å²) in [5.74, 6) is -8.57. The second kappa shape index (κ2) is 36.5. The van der Waals surface area contributed by atoms with E-state index in [-0.39, 0.29) is 137 Å². The number of ether oxygens (including phenoxy) is 10. The molecule has 0 radical (unpaired) electrons. The molecule has 1 saturated heterocycles. The average molecular weight is 1670 g/mol. The number of fused-ring (bicyclic) bond motifs is 15. The number of aromatic nitrogens is 7. The van der Waals surface area contributed by atoms with E-state index in [1.165, 1.54) is 60.0 Å². The molecule has 10 unspecified atom stereocenters. The molecule has 7 amide bonds. The molecular weight excluding hydrogens is 1590 g/mol. The fourth-order valence-corrected chi connectivity index (χ4v) is 17.0. The lowest BCUT2D eigenvalue weighted by molar-refractivity contribution is -0.280. The highest BCUT2D eigenvalue weighted by molar-refractivity contribution is 7.14. The number of primary amides is 1. The van der Waals surface area contributed by atoms with E-state index in [1.54, 1.807) is 52.1 Å². The molecule has 0 aliphatic carbocycles. The first kappa shape index (κ1) is 83.2. The van der Waals surface area contributed by atoms with Crippen LogP contribution in [-0.2, 0) is 75.0 Å². The summed E-state index contributed by atoms with van der Waals surface area (Å²) >= 11 is 4.36. The van der Waals surface area contributed by atoms with E-state index in [1.807, 2.05) is 0 Å². The molecule has 114 heavy (non-hydrogen) atoms. The van der Waals surface area contributed by atoms with Gasteiger partial charge in [0, 0.05) is 63.5 Å². The molecule has 8 aromatic rings. The third-order valence-corrected chi connectivity index (χ3v) is 22.6. The van der Waals surface area contributed by atoms with Crippen molar-refractivity contribution in [1.82, 2.24) is 71.4 Å². The van der Waals surface area contributed by atoms with E-state index in [2.05, 4.69) is 53.4 Å². The van der Waals surface area contributed by atoms with Gasteiger partial charge >= 0.3 is 18.0 Å². The summed E-state index contributed by atoms with van der Waals surface area (Å²) in [5.41, 5.74) is 1.58. The summed E-state index contributed by atoms with van der Waals surface area (Å²) in [4.78, 5) is 166. The van der Waals surface area contributed by atoms with Crippen LogP contribution in [0.2, 0.25) is 0 Å². The van der Waals surface area contributed by atoms with Crippen LogP contribution < -0.4 is 42.5 Å². The number of likely N-dealkylation sites (N-methyl/N-ethyl adjacent to an activating group) is 1. The molecule has 7 aromatic heterocycles. The lowest BCUT2D eigenvalue weighted by Gasteiger charge is -2.48. The van der Waals surface area contributed by atoms with Gasteiger partial charge in [-0.3, -0.25) is 28.8 Å². The minimum absolute atomic E-state index is 0.00383. The quantitative estimate of drug-likeness (QED) is 0.0201. The molecule has 1 fully saturated rings. The molecule has 12 bridgehead atoms. The predicted molar refractivity (Wildman–Crippen MR) is 407 cm³/mol. The van der Waals surface area contributed by atoms with Crippen LogP contribution in [0.25, 0.3) is 49.3 Å². The van der Waals surface area contributed by atoms with Crippen LogP contribution in [0, 0.1) is 0 Å². The number of nitrogens with two attached hydrogens (primary N) is 1. The molecule has 11 heterocycles. The van der Waals surface area contributed by atoms with Crippen molar-refractivity contribution >= 4 is 127 Å². The number of allylic oxidation sites excluding steroid dienone is 1. The van der Waals surface area contributed by atoms with Gasteiger partial charge in [0.15, 0.2) is 18.1 Å². The Bertz CT molecular complexity index is 5010. The number of hydrogen-bond donors (Lipinski definition) is 10. The number of cyclic esters (lactones) is 2. The van der Waals surface area contributed by atoms with Crippen LogP contribution in [0.1, 0.15) is 125 Å². The first-order chi connectivity index (χ1) is 54.6. The van der Waals surface area contributed by atoms with Crippen molar-refractivity contribution < 1.29 is 111 Å². The van der Waals surface area contributed by atoms with Crippen molar-refractivity contribution in [3.8, 4) is 38.4 Å². The maximum absolute atomic E-state index is 15.8. The number of esters is 2. The summed E-state index contributed by atoms with van der Waals surface area (Å²) < 4.78 is 60.9. The first-order valence-corrected chi connectivity index (χ1v) is 39.5. The number of amides is 7. The van der Waals surface area contributed by atoms with Crippen molar-refractivity contribution in [2.45, 2.75) is 108 Å². The Hall–Kier alpha value is -10.2. The van der Waals surface area contributed by atoms with E-state index in [9.17, 15) is 39.3 Å². The lowest BCUT2D eigenvalue weighted by Crippen LogP contribution is -2.62. The number of nitrogens with zero attached hydrogens (tertiary/aromatic N) is 8. The highest BCUT2D eigenvalue weighted by Gasteiger charge is 2.50. The largest absolute Gasteiger partial charge is 0.506 e. The Morgan fingerprint density at radius 2 is 1.45 bits per heavy atom. The molecule has 12 rings (SSSR count). The molecule has 4 aliphatic heterocycles. The smallest absolute Gasteiger partial charge is 0.432 e. The fraction of sp³-hybridized carbons (Fsp3) is 0.423. The Balaban J connectivity index is 1.02. The molecule has 10 atom stereocenters. The zero-order valence-corrected chi connectivity index (χ0v) is 66.4. The fourth-order valence-electron chi connectivity index (χ4n) is 12.8. The molecule has 0 spiro atoms. The lowest BCUT2D eigenvalue weighted by atomic mass is 9.85. The van der Waals surface area contributed by atoms with Gasteiger partial charge in [-0.15, -0.1) is 56.7 Å². The summed E-state index contributed by atoms with van der Waals surface area (Å²) in [6.45, 7) is 9.09. The van der Waals surface area contributed by atoms with Gasteiger partial charge in [-0.05, 0) is 59.5 Å². The number of pyridine rings is 1. The van der Waals surface area contributed by atoms with Crippen LogP contribution in [0.15, 0.2) is 69.2 Å². The van der Waals surface area contributed by atoms with Crippen LogP contribution in [-0.4, -0.2) is 244 Å². The second-order valence-electron chi connectivity index (χ2n) is 26.4. The number of methoxy groups -OCH3 is 2. The molecule has 0 saturated carbocycles. The van der Waals surface area contributed by atoms with Gasteiger partial charge in [-0.2, -0.15) is 4.73 Å². The monoisotopic (exact) mass is 1670 g/mol. The van der Waals surface area contributed by atoms with Gasteiger partial charge in [0.2, 0.25) is 5.91 Å². The number of carbonyl (C=O) groups is 9. The minimum Gasteiger partial charge on any atom is -0.506 e. The number of aromatic hydroxyl groups is 1. The second-order valence-corrected chi connectivity index (χ2v) is 30.8. The normalized spacial score (nSPS) is 22.2. The maximum Gasteiger partial charge on any atom is 0.432 e. The van der Waals surface area contributed by atoms with Crippen molar-refractivity contribution in [2.75, 3.05) is 87.7 Å². The van der Waals surface area contributed by atoms with Crippen molar-refractivity contribution in [2.24, 2.45) is 5.73 Å². The van der Waals surface area contributed by atoms with Gasteiger partial charge < -0.3 is 110 Å². The van der Waals surface area contributed by atoms with Gasteiger partial charge in [-0.25, -0.2) is 44.3 Å². The standard InChI is InChI=1S/C71H79N15O23S5/c1-31(57(72)89)74-58(90)40-28-113-66(79-40)51-45(88)21-36-50(81-51)39-26-111-64(76-39)38-25-106-68(95)53-37-24-104-54(52(67-80-41(29-114-67)59(91)75-38)84-61(93)43-30-112-65(78-43)49(33(3)100-9)83-62(94)48(32(2)87)82-60(92)42-27-110-63(36)77-42)55(108-46-22-71(5,98)56(85(6)7)34(4)107-46)69(96)105-23-35-11-10-12-44(47(35)37)86(53)109-70(97)73-13-14-101-17-18-103-20-19-102-16-15-99-8/h10-12,21,26-30,32,34,38,46,48,52,54-56,87-88,98H,1,13-20,22-25H2,2-9H3,(H2,72,89)(H,73,97)(H,74,90)(H,75,91)(H,82,92)(H,83,94)(H,84,93)/b49-33+. The van der Waals surface area contributed by atoms with Crippen molar-refractivity contribution in [3.05, 3.63) is 124 Å². The number of nitrogens with one attached hydrogen (secondary N) is 6. The van der Waals surface area contributed by atoms with Crippen LogP contribution in [0.4, 0.5) is 4.79 Å². The predicted octanol–water partition coefficient (Wildman–Crippen LogP) is 3.49. The van der Waals surface area contributed by atoms with Gasteiger partial charge in [0.25, 0.3) is 29.5 Å².